The summed E-state index contributed by atoms with van der Waals surface area (Å²) in [6.45, 7) is 7.66. The van der Waals surface area contributed by atoms with Crippen molar-refractivity contribution in [3.8, 4) is 30.3 Å². The maximum Gasteiger partial charge on any atom is 0.307 e. The molecule has 40 heavy (non-hydrogen) atoms. The lowest BCUT2D eigenvalue weighted by atomic mass is 9.77. The fourth-order valence-corrected chi connectivity index (χ4v) is 5.00. The van der Waals surface area contributed by atoms with Crippen molar-refractivity contribution in [3.63, 3.8) is 0 Å². The van der Waals surface area contributed by atoms with E-state index >= 15 is 0 Å². The predicted octanol–water partition coefficient (Wildman–Crippen LogP) is 4.54. The number of hydrogen-bond acceptors (Lipinski definition) is 8. The quantitative estimate of drug-likeness (QED) is 0.190. The van der Waals surface area contributed by atoms with Crippen LogP contribution < -0.4 is 5.32 Å². The first-order valence-electron chi connectivity index (χ1n) is 12.8. The fraction of sp³-hybridized carbons (Fsp3) is 0.448. The second-order valence-corrected chi connectivity index (χ2v) is 9.52. The van der Waals surface area contributed by atoms with Gasteiger partial charge in [-0.3, -0.25) is 9.59 Å². The SMILES string of the molecule is [C-]#[N+]/C(C#N)=C1\CC(C(=O)O)CC(NCCCCCCCC2=C(C#N)C(=C(C#N)C#N)CC(C(=O)O)C2)=C1C#N. The number of aliphatic carboxylic acids is 2. The molecule has 202 valence electrons. The van der Waals surface area contributed by atoms with Crippen LogP contribution in [-0.2, 0) is 9.59 Å². The smallest absolute Gasteiger partial charge is 0.307 e. The number of allylic oxidation sites excluding steroid dienone is 8. The summed E-state index contributed by atoms with van der Waals surface area (Å²) in [6, 6.07) is 9.37. The normalized spacial score (nSPS) is 19.6. The van der Waals surface area contributed by atoms with Crippen LogP contribution in [0.3, 0.4) is 0 Å². The summed E-state index contributed by atoms with van der Waals surface area (Å²) in [5, 5.41) is 69.1. The van der Waals surface area contributed by atoms with E-state index in [9.17, 15) is 46.1 Å². The first kappa shape index (κ1) is 30.9. The largest absolute Gasteiger partial charge is 0.481 e. The number of carboxylic acid groups (broad SMARTS) is 2. The van der Waals surface area contributed by atoms with Crippen molar-refractivity contribution in [2.75, 3.05) is 6.54 Å². The van der Waals surface area contributed by atoms with Gasteiger partial charge in [0.25, 0.3) is 5.70 Å². The maximum atomic E-state index is 11.6. The minimum absolute atomic E-state index is 0.0185. The Hall–Kier alpha value is -5.36. The molecule has 2 aliphatic carbocycles. The van der Waals surface area contributed by atoms with Crippen LogP contribution in [0.4, 0.5) is 0 Å². The molecule has 2 rings (SSSR count). The molecule has 2 unspecified atom stereocenters. The number of carboxylic acids is 2. The van der Waals surface area contributed by atoms with Gasteiger partial charge in [-0.2, -0.15) is 21.0 Å². The minimum Gasteiger partial charge on any atom is -0.481 e. The van der Waals surface area contributed by atoms with E-state index < -0.39 is 23.8 Å². The Morgan fingerprint density at radius 3 is 1.93 bits per heavy atom. The Morgan fingerprint density at radius 2 is 1.38 bits per heavy atom. The van der Waals surface area contributed by atoms with E-state index in [1.807, 2.05) is 6.07 Å². The predicted molar refractivity (Wildman–Crippen MR) is 139 cm³/mol. The van der Waals surface area contributed by atoms with Crippen molar-refractivity contribution >= 4 is 11.9 Å². The van der Waals surface area contributed by atoms with E-state index in [0.717, 1.165) is 25.7 Å². The molecule has 0 spiro atoms. The molecule has 2 aliphatic rings. The highest BCUT2D eigenvalue weighted by molar-refractivity contribution is 5.74. The third-order valence-corrected chi connectivity index (χ3v) is 7.05. The van der Waals surface area contributed by atoms with E-state index in [1.165, 1.54) is 0 Å². The molecule has 11 nitrogen and oxygen atoms in total. The molecule has 3 N–H and O–H groups in total. The highest BCUT2D eigenvalue weighted by Crippen LogP contribution is 2.38. The monoisotopic (exact) mass is 537 g/mol. The average molecular weight is 538 g/mol. The summed E-state index contributed by atoms with van der Waals surface area (Å²) >= 11 is 0. The number of hydrogen-bond donors (Lipinski definition) is 3. The molecule has 0 aromatic rings. The van der Waals surface area contributed by atoms with Crippen LogP contribution in [0.2, 0.25) is 0 Å². The average Bonchev–Trinajstić information content (AvgIpc) is 2.95. The Bertz CT molecular complexity index is 1300. The Morgan fingerprint density at radius 1 is 0.800 bits per heavy atom. The molecule has 0 fully saturated rings. The van der Waals surface area contributed by atoms with Crippen LogP contribution in [0.5, 0.6) is 0 Å². The summed E-state index contributed by atoms with van der Waals surface area (Å²) in [5.74, 6) is -3.71. The zero-order chi connectivity index (χ0) is 29.7. The van der Waals surface area contributed by atoms with Gasteiger partial charge in [-0.15, -0.1) is 0 Å². The number of nitrogens with zero attached hydrogens (tertiary/aromatic N) is 6. The van der Waals surface area contributed by atoms with E-state index in [0.29, 0.717) is 30.7 Å². The van der Waals surface area contributed by atoms with Gasteiger partial charge in [0.1, 0.15) is 17.7 Å². The third-order valence-electron chi connectivity index (χ3n) is 7.05. The molecular weight excluding hydrogens is 510 g/mol. The van der Waals surface area contributed by atoms with E-state index in [1.54, 1.807) is 18.2 Å². The second-order valence-electron chi connectivity index (χ2n) is 9.52. The zero-order valence-electron chi connectivity index (χ0n) is 21.8. The molecule has 0 amide bonds. The number of rotatable bonds is 11. The Kier molecular flexibility index (Phi) is 11.7. The summed E-state index contributed by atoms with van der Waals surface area (Å²) in [7, 11) is 0. The van der Waals surface area contributed by atoms with Gasteiger partial charge in [0.15, 0.2) is 0 Å². The Balaban J connectivity index is 1.96. The molecule has 0 radical (unpaired) electrons. The zero-order valence-corrected chi connectivity index (χ0v) is 21.8. The van der Waals surface area contributed by atoms with Gasteiger partial charge in [-0.05, 0) is 49.7 Å². The standard InChI is InChI=1S/C29H27N7O4/c1-35-27(17-34)23-11-20(29(39)40)12-26(25(23)16-33)36-8-6-4-2-3-5-7-18-9-19(28(37)38)10-22(24(18)15-32)21(13-30)14-31/h19-20,36H,2-12H2,(H,37,38)(H,39,40)/b27-23+. The first-order valence-corrected chi connectivity index (χ1v) is 12.8. The van der Waals surface area contributed by atoms with Crippen LogP contribution in [0.25, 0.3) is 4.85 Å². The topological polar surface area (TPSA) is 210 Å². The van der Waals surface area contributed by atoms with Gasteiger partial charge in [-0.25, -0.2) is 10.1 Å². The highest BCUT2D eigenvalue weighted by Gasteiger charge is 2.32. The van der Waals surface area contributed by atoms with Crippen LogP contribution in [-0.4, -0.2) is 28.7 Å². The van der Waals surface area contributed by atoms with E-state index in [4.69, 9.17) is 6.57 Å². The van der Waals surface area contributed by atoms with Gasteiger partial charge in [0.2, 0.25) is 0 Å². The van der Waals surface area contributed by atoms with Crippen molar-refractivity contribution in [2.45, 2.75) is 64.2 Å². The van der Waals surface area contributed by atoms with Gasteiger partial charge in [0, 0.05) is 18.7 Å². The van der Waals surface area contributed by atoms with E-state index in [-0.39, 0.29) is 59.2 Å². The van der Waals surface area contributed by atoms with Gasteiger partial charge < -0.3 is 15.5 Å². The lowest BCUT2D eigenvalue weighted by Gasteiger charge is -2.25. The minimum atomic E-state index is -1.06. The van der Waals surface area contributed by atoms with Crippen molar-refractivity contribution in [1.82, 2.24) is 5.32 Å². The van der Waals surface area contributed by atoms with E-state index in [2.05, 4.69) is 16.2 Å². The van der Waals surface area contributed by atoms with Crippen molar-refractivity contribution in [3.05, 3.63) is 56.2 Å². The molecule has 0 aromatic heterocycles. The highest BCUT2D eigenvalue weighted by atomic mass is 16.4. The number of carbonyl (C=O) groups is 2. The van der Waals surface area contributed by atoms with Crippen molar-refractivity contribution in [1.29, 1.82) is 26.3 Å². The molecule has 0 aromatic carbocycles. The number of nitrogens with one attached hydrogen (secondary N) is 1. The lowest BCUT2D eigenvalue weighted by molar-refractivity contribution is -0.142. The molecule has 0 heterocycles. The molecular formula is C29H27N7O4. The lowest BCUT2D eigenvalue weighted by Crippen LogP contribution is -2.28. The first-order chi connectivity index (χ1) is 19.3. The van der Waals surface area contributed by atoms with Crippen molar-refractivity contribution < 1.29 is 19.8 Å². The number of unbranched alkanes of at least 4 members (excludes halogenated alkanes) is 4. The third kappa shape index (κ3) is 7.58. The molecule has 0 saturated heterocycles. The van der Waals surface area contributed by atoms with Gasteiger partial charge >= 0.3 is 11.9 Å². The summed E-state index contributed by atoms with van der Waals surface area (Å²) in [6.07, 6.45) is 4.64. The summed E-state index contributed by atoms with van der Waals surface area (Å²) in [5.41, 5.74) is 1.35. The van der Waals surface area contributed by atoms with Crippen molar-refractivity contribution in [2.24, 2.45) is 11.8 Å². The second kappa shape index (κ2) is 15.1. The fourth-order valence-electron chi connectivity index (χ4n) is 5.00. The van der Waals surface area contributed by atoms with Gasteiger partial charge in [0.05, 0.1) is 47.8 Å². The van der Waals surface area contributed by atoms with Gasteiger partial charge in [-0.1, -0.05) is 24.8 Å². The van der Waals surface area contributed by atoms with Crippen LogP contribution in [0.15, 0.2) is 44.8 Å². The molecule has 11 heteroatoms. The van der Waals surface area contributed by atoms with Crippen LogP contribution in [0, 0.1) is 75.1 Å². The molecule has 0 saturated carbocycles. The molecule has 0 bridgehead atoms. The number of nitriles is 5. The summed E-state index contributed by atoms with van der Waals surface area (Å²) in [4.78, 5) is 26.4. The maximum absolute atomic E-state index is 11.6. The summed E-state index contributed by atoms with van der Waals surface area (Å²) < 4.78 is 0. The Labute approximate surface area is 232 Å². The molecule has 2 atom stereocenters. The molecule has 0 aliphatic heterocycles. The van der Waals surface area contributed by atoms with Crippen LogP contribution in [0.1, 0.15) is 64.2 Å². The van der Waals surface area contributed by atoms with Crippen LogP contribution >= 0.6 is 0 Å².